The van der Waals surface area contributed by atoms with Crippen molar-refractivity contribution in [2.24, 2.45) is 11.8 Å². The molecule has 29 heavy (non-hydrogen) atoms. The topological polar surface area (TPSA) is 84.0 Å². The van der Waals surface area contributed by atoms with E-state index in [0.29, 0.717) is 18.5 Å². The average molecular weight is 400 g/mol. The number of imide groups is 1. The molecule has 7 heteroatoms. The van der Waals surface area contributed by atoms with Crippen LogP contribution in [0.2, 0.25) is 0 Å². The molecule has 1 aromatic rings. The molecule has 1 saturated heterocycles. The predicted octanol–water partition coefficient (Wildman–Crippen LogP) is 2.53. The molecule has 0 unspecified atom stereocenters. The Hall–Kier alpha value is -2.70. The van der Waals surface area contributed by atoms with E-state index in [1.54, 1.807) is 4.90 Å². The number of carbonyl (C=O) groups is 4. The Kier molecular flexibility index (Phi) is 6.35. The first-order valence-electron chi connectivity index (χ1n) is 10.2. The maximum absolute atomic E-state index is 12.7. The summed E-state index contributed by atoms with van der Waals surface area (Å²) in [7, 11) is 0. The number of para-hydroxylation sites is 1. The highest BCUT2D eigenvalue weighted by Gasteiger charge is 2.51. The van der Waals surface area contributed by atoms with Gasteiger partial charge in [0.25, 0.3) is 5.91 Å². The van der Waals surface area contributed by atoms with Gasteiger partial charge in [-0.15, -0.1) is 0 Å². The second kappa shape index (κ2) is 8.76. The number of rotatable bonds is 6. The maximum Gasteiger partial charge on any atom is 0.329 e. The van der Waals surface area contributed by atoms with E-state index < -0.39 is 18.6 Å². The van der Waals surface area contributed by atoms with Crippen LogP contribution in [0.1, 0.15) is 46.5 Å². The van der Waals surface area contributed by atoms with Gasteiger partial charge in [0, 0.05) is 11.7 Å². The van der Waals surface area contributed by atoms with Crippen LogP contribution in [0.4, 0.5) is 5.69 Å². The Morgan fingerprint density at radius 1 is 1.03 bits per heavy atom. The number of hydrogen-bond acceptors (Lipinski definition) is 5. The lowest BCUT2D eigenvalue weighted by Crippen LogP contribution is -2.46. The predicted molar refractivity (Wildman–Crippen MR) is 107 cm³/mol. The van der Waals surface area contributed by atoms with Crippen molar-refractivity contribution in [3.8, 4) is 0 Å². The number of hydrogen-bond donors (Lipinski definition) is 0. The number of nitrogens with zero attached hydrogens (tertiary/aromatic N) is 2. The van der Waals surface area contributed by atoms with Gasteiger partial charge in [-0.25, -0.2) is 4.79 Å². The van der Waals surface area contributed by atoms with Gasteiger partial charge >= 0.3 is 5.97 Å². The van der Waals surface area contributed by atoms with E-state index in [1.165, 1.54) is 6.92 Å². The van der Waals surface area contributed by atoms with E-state index >= 15 is 0 Å². The number of ether oxygens (including phenoxy) is 1. The smallest absolute Gasteiger partial charge is 0.329 e. The highest BCUT2D eigenvalue weighted by molar-refractivity contribution is 6.08. The molecule has 0 N–H and O–H groups in total. The van der Waals surface area contributed by atoms with Crippen molar-refractivity contribution in [2.75, 3.05) is 11.5 Å². The Morgan fingerprint density at radius 2 is 1.59 bits per heavy atom. The van der Waals surface area contributed by atoms with Crippen LogP contribution >= 0.6 is 0 Å². The van der Waals surface area contributed by atoms with Gasteiger partial charge in [0.1, 0.15) is 6.04 Å². The van der Waals surface area contributed by atoms with Crippen LogP contribution in [0, 0.1) is 11.8 Å². The van der Waals surface area contributed by atoms with Gasteiger partial charge < -0.3 is 9.64 Å². The Morgan fingerprint density at radius 3 is 2.10 bits per heavy atom. The van der Waals surface area contributed by atoms with E-state index in [-0.39, 0.29) is 35.6 Å². The van der Waals surface area contributed by atoms with Crippen LogP contribution in [-0.4, -0.2) is 47.3 Å². The summed E-state index contributed by atoms with van der Waals surface area (Å²) in [4.78, 5) is 53.1. The monoisotopic (exact) mass is 400 g/mol. The Balaban J connectivity index is 1.63. The fourth-order valence-electron chi connectivity index (χ4n) is 4.32. The Labute approximate surface area is 171 Å². The summed E-state index contributed by atoms with van der Waals surface area (Å²) in [5.41, 5.74) is 0.713. The van der Waals surface area contributed by atoms with Crippen LogP contribution in [0.25, 0.3) is 0 Å². The van der Waals surface area contributed by atoms with E-state index in [1.807, 2.05) is 44.2 Å². The summed E-state index contributed by atoms with van der Waals surface area (Å²) in [6.07, 6.45) is 3.22. The van der Waals surface area contributed by atoms with Crippen LogP contribution in [0.15, 0.2) is 30.3 Å². The lowest BCUT2D eigenvalue weighted by atomic mass is 9.81. The largest absolute Gasteiger partial charge is 0.454 e. The molecule has 1 heterocycles. The summed E-state index contributed by atoms with van der Waals surface area (Å²) in [5.74, 6) is -2.31. The number of amides is 3. The van der Waals surface area contributed by atoms with Gasteiger partial charge in [-0.2, -0.15) is 0 Å². The number of likely N-dealkylation sites (tertiary alicyclic amines) is 1. The molecule has 3 amide bonds. The first-order valence-corrected chi connectivity index (χ1v) is 10.2. The average Bonchev–Trinajstić information content (AvgIpc) is 2.97. The zero-order chi connectivity index (χ0) is 21.1. The van der Waals surface area contributed by atoms with Gasteiger partial charge in [0.15, 0.2) is 6.61 Å². The number of esters is 1. The van der Waals surface area contributed by atoms with Crippen molar-refractivity contribution in [2.45, 2.75) is 58.5 Å². The van der Waals surface area contributed by atoms with Crippen LogP contribution < -0.4 is 4.90 Å². The molecule has 3 rings (SSSR count). The summed E-state index contributed by atoms with van der Waals surface area (Å²) in [6.45, 7) is 4.79. The van der Waals surface area contributed by atoms with Gasteiger partial charge in [0.2, 0.25) is 11.8 Å². The molecule has 7 nitrogen and oxygen atoms in total. The summed E-state index contributed by atoms with van der Waals surface area (Å²) in [6, 6.07) is 7.99. The zero-order valence-corrected chi connectivity index (χ0v) is 17.2. The van der Waals surface area contributed by atoms with Crippen molar-refractivity contribution in [3.05, 3.63) is 30.3 Å². The minimum absolute atomic E-state index is 0.120. The molecular formula is C22H28N2O5. The molecule has 2 aliphatic rings. The molecule has 0 radical (unpaired) electrons. The van der Waals surface area contributed by atoms with E-state index in [0.717, 1.165) is 17.7 Å². The van der Waals surface area contributed by atoms with Crippen molar-refractivity contribution < 1.29 is 23.9 Å². The van der Waals surface area contributed by atoms with Crippen molar-refractivity contribution in [1.82, 2.24) is 4.90 Å². The highest BCUT2D eigenvalue weighted by atomic mass is 16.5. The normalized spacial score (nSPS) is 22.4. The third-order valence-corrected chi connectivity index (χ3v) is 5.76. The van der Waals surface area contributed by atoms with Gasteiger partial charge in [-0.05, 0) is 45.7 Å². The first-order chi connectivity index (χ1) is 13.8. The second-order valence-corrected chi connectivity index (χ2v) is 8.02. The number of fused-ring (bicyclic) bond motifs is 1. The third-order valence-electron chi connectivity index (χ3n) is 5.76. The summed E-state index contributed by atoms with van der Waals surface area (Å²) >= 11 is 0. The zero-order valence-electron chi connectivity index (χ0n) is 17.2. The van der Waals surface area contributed by atoms with Gasteiger partial charge in [-0.1, -0.05) is 31.0 Å². The number of anilines is 1. The molecule has 156 valence electrons. The molecule has 1 aliphatic heterocycles. The number of benzene rings is 1. The van der Waals surface area contributed by atoms with E-state index in [9.17, 15) is 19.2 Å². The van der Waals surface area contributed by atoms with Crippen molar-refractivity contribution >= 4 is 29.4 Å². The first kappa shape index (κ1) is 21.0. The highest BCUT2D eigenvalue weighted by Crippen LogP contribution is 2.38. The van der Waals surface area contributed by atoms with Crippen LogP contribution in [-0.2, 0) is 23.9 Å². The van der Waals surface area contributed by atoms with E-state index in [2.05, 4.69) is 0 Å². The summed E-state index contributed by atoms with van der Waals surface area (Å²) in [5, 5.41) is 0. The van der Waals surface area contributed by atoms with Gasteiger partial charge in [0.05, 0.1) is 11.8 Å². The molecule has 1 saturated carbocycles. The van der Waals surface area contributed by atoms with Crippen LogP contribution in [0.3, 0.4) is 0 Å². The molecule has 0 aromatic heterocycles. The molecule has 1 aromatic carbocycles. The fraction of sp³-hybridized carbons (Fsp3) is 0.545. The summed E-state index contributed by atoms with van der Waals surface area (Å²) < 4.78 is 5.20. The van der Waals surface area contributed by atoms with Crippen molar-refractivity contribution in [1.29, 1.82) is 0 Å². The molecule has 3 atom stereocenters. The minimum atomic E-state index is -1.03. The fourth-order valence-corrected chi connectivity index (χ4v) is 4.32. The molecule has 1 aliphatic carbocycles. The standard InChI is InChI=1S/C22H28N2O5/c1-14(2)23(16-9-5-4-6-10-16)19(25)13-29-22(28)15(3)24-20(26)17-11-7-8-12-18(17)21(24)27/h4-6,9-10,14-15,17-18H,7-8,11-13H2,1-3H3/t15-,17+,18+/m0/s1. The SMILES string of the molecule is CC(C)N(C(=O)COC(=O)[C@H](C)N1C(=O)[C@@H]2CCCC[C@H]2C1=O)c1ccccc1. The lowest BCUT2D eigenvalue weighted by Gasteiger charge is -2.27. The second-order valence-electron chi connectivity index (χ2n) is 8.02. The molecule has 0 spiro atoms. The number of carbonyl (C=O) groups excluding carboxylic acids is 4. The van der Waals surface area contributed by atoms with Crippen LogP contribution in [0.5, 0.6) is 0 Å². The Bertz CT molecular complexity index is 768. The molecule has 2 fully saturated rings. The maximum atomic E-state index is 12.7. The minimum Gasteiger partial charge on any atom is -0.454 e. The third kappa shape index (κ3) is 4.18. The van der Waals surface area contributed by atoms with E-state index in [4.69, 9.17) is 4.74 Å². The van der Waals surface area contributed by atoms with Crippen molar-refractivity contribution in [3.63, 3.8) is 0 Å². The molecule has 0 bridgehead atoms. The quantitative estimate of drug-likeness (QED) is 0.541. The van der Waals surface area contributed by atoms with Gasteiger partial charge in [-0.3, -0.25) is 19.3 Å². The lowest BCUT2D eigenvalue weighted by molar-refractivity contribution is -0.159. The molecular weight excluding hydrogens is 372 g/mol.